The van der Waals surface area contributed by atoms with E-state index in [1.54, 1.807) is 0 Å². The van der Waals surface area contributed by atoms with E-state index in [9.17, 15) is 21.6 Å². The number of allylic oxidation sites excluding steroid dienone is 6. The number of hydrogen-bond donors (Lipinski definition) is 0. The summed E-state index contributed by atoms with van der Waals surface area (Å²) >= 11 is 0. The zero-order valence-electron chi connectivity index (χ0n) is 44.8. The second-order valence-corrected chi connectivity index (χ2v) is 41.2. The van der Waals surface area contributed by atoms with Crippen LogP contribution in [0.3, 0.4) is 0 Å². The molecular formula is C51H84BrF3MgO7SSi4. The van der Waals surface area contributed by atoms with Gasteiger partial charge in [0.2, 0.25) is 33.3 Å². The minimum Gasteiger partial charge on any atom is -1.00 e. The molecule has 68 heavy (non-hydrogen) atoms. The molecular weight excluding hydrogens is 1030 g/mol. The van der Waals surface area contributed by atoms with Crippen LogP contribution in [0.5, 0.6) is 28.7 Å². The molecule has 2 aromatic rings. The van der Waals surface area contributed by atoms with Crippen LogP contribution < -0.4 is 38.9 Å². The minimum atomic E-state index is -5.86. The van der Waals surface area contributed by atoms with Crippen molar-refractivity contribution in [2.24, 2.45) is 11.8 Å². The Kier molecular flexibility index (Phi) is 26.1. The summed E-state index contributed by atoms with van der Waals surface area (Å²) < 4.78 is 93.1. The number of halogens is 4. The van der Waals surface area contributed by atoms with E-state index in [2.05, 4.69) is 109 Å². The maximum Gasteiger partial charge on any atom is 2.00 e. The van der Waals surface area contributed by atoms with Gasteiger partial charge in [0.05, 0.1) is 0 Å². The molecule has 4 rings (SSSR count). The molecule has 0 heterocycles. The fourth-order valence-corrected chi connectivity index (χ4v) is 11.8. The van der Waals surface area contributed by atoms with E-state index in [0.717, 1.165) is 62.0 Å². The van der Waals surface area contributed by atoms with Crippen molar-refractivity contribution in [1.82, 2.24) is 0 Å². The molecule has 0 saturated carbocycles. The maximum absolute atomic E-state index is 13.0. The summed E-state index contributed by atoms with van der Waals surface area (Å²) in [6.45, 7) is 49.9. The van der Waals surface area contributed by atoms with Gasteiger partial charge < -0.3 is 45.8 Å². The maximum atomic E-state index is 13.0. The first kappa shape index (κ1) is 66.3. The van der Waals surface area contributed by atoms with E-state index in [1.165, 1.54) is 40.0 Å². The first-order valence-corrected chi connectivity index (χ1v) is 38.5. The molecule has 4 atom stereocenters. The first-order chi connectivity index (χ1) is 29.9. The summed E-state index contributed by atoms with van der Waals surface area (Å²) in [4.78, 5) is 0. The molecule has 0 saturated heterocycles. The third-order valence-electron chi connectivity index (χ3n) is 10.4. The summed E-state index contributed by atoms with van der Waals surface area (Å²) in [5, 5.41) is 0. The monoisotopic (exact) mass is 1110 g/mol. The Morgan fingerprint density at radius 3 is 1.21 bits per heavy atom. The molecule has 2 aliphatic rings. The first-order valence-electron chi connectivity index (χ1n) is 23.5. The van der Waals surface area contributed by atoms with Crippen LogP contribution in [-0.4, -0.2) is 70.2 Å². The van der Waals surface area contributed by atoms with Gasteiger partial charge in [-0.05, 0) is 168 Å². The average Bonchev–Trinajstić information content (AvgIpc) is 3.08. The molecule has 0 radical (unpaired) electrons. The fraction of sp³-hybridized carbons (Fsp3) is 0.588. The summed E-state index contributed by atoms with van der Waals surface area (Å²) in [7, 11) is -14.0. The van der Waals surface area contributed by atoms with E-state index >= 15 is 0 Å². The Morgan fingerprint density at radius 1 is 0.662 bits per heavy atom. The minimum absolute atomic E-state index is 0. The molecule has 0 unspecified atom stereocenters. The molecule has 0 N–H and O–H groups in total. The van der Waals surface area contributed by atoms with Gasteiger partial charge in [-0.2, -0.15) is 28.0 Å². The number of aryl methyl sites for hydroxylation is 1. The predicted octanol–water partition coefficient (Wildman–Crippen LogP) is 13.3. The summed E-state index contributed by atoms with van der Waals surface area (Å²) in [6.07, 6.45) is 11.8. The van der Waals surface area contributed by atoms with Crippen LogP contribution in [0.15, 0.2) is 71.9 Å². The van der Waals surface area contributed by atoms with Crippen LogP contribution in [0.4, 0.5) is 13.2 Å². The SMILES string of the molecule is C=C(C)[C@@H]1CCC(C)=C[C@H]1c1c(O[Si](C)(C)C)cc(CCC)cc1O[Si](C)(C)C.C=C(C)[C@@H]1CCC(C)=C[C@H]1c1c(O[Si](C)(C)C)cc(OS(=O)(=O)C(F)(F)F)cc1O[Si](C)(C)C.[Br-].[CH2-]CC.[Mg+2]. The number of benzene rings is 2. The van der Waals surface area contributed by atoms with E-state index < -0.39 is 54.6 Å². The van der Waals surface area contributed by atoms with Gasteiger partial charge in [-0.15, -0.1) is 0 Å². The molecule has 0 aromatic heterocycles. The van der Waals surface area contributed by atoms with E-state index in [4.69, 9.17) is 17.7 Å². The van der Waals surface area contributed by atoms with Gasteiger partial charge in [0, 0.05) is 35.1 Å². The summed E-state index contributed by atoms with van der Waals surface area (Å²) in [5.41, 5.74) is 2.58. The Balaban J connectivity index is 0.00000123. The molecule has 0 bridgehead atoms. The molecule has 17 heteroatoms. The van der Waals surface area contributed by atoms with Crippen molar-refractivity contribution >= 4 is 66.4 Å². The van der Waals surface area contributed by atoms with Crippen LogP contribution in [0.1, 0.15) is 109 Å². The smallest absolute Gasteiger partial charge is 1.00 e. The van der Waals surface area contributed by atoms with Crippen LogP contribution >= 0.6 is 0 Å². The van der Waals surface area contributed by atoms with Crippen molar-refractivity contribution < 1.29 is 60.5 Å². The van der Waals surface area contributed by atoms with Crippen molar-refractivity contribution in [2.75, 3.05) is 0 Å². The molecule has 0 aliphatic heterocycles. The third kappa shape index (κ3) is 21.5. The number of hydrogen-bond acceptors (Lipinski definition) is 7. The van der Waals surface area contributed by atoms with Crippen molar-refractivity contribution in [2.45, 2.75) is 182 Å². The normalized spacial score (nSPS) is 18.9. The van der Waals surface area contributed by atoms with Crippen LogP contribution in [0.25, 0.3) is 0 Å². The van der Waals surface area contributed by atoms with E-state index in [-0.39, 0.29) is 69.3 Å². The van der Waals surface area contributed by atoms with Gasteiger partial charge >= 0.3 is 38.7 Å². The number of rotatable bonds is 16. The average molecular weight is 1110 g/mol. The van der Waals surface area contributed by atoms with Crippen molar-refractivity contribution in [3.8, 4) is 28.7 Å². The second-order valence-electron chi connectivity index (χ2n) is 22.0. The van der Waals surface area contributed by atoms with Crippen LogP contribution in [0.2, 0.25) is 78.6 Å². The van der Waals surface area contributed by atoms with Crippen molar-refractivity contribution in [3.63, 3.8) is 0 Å². The molecule has 0 spiro atoms. The molecule has 0 amide bonds. The van der Waals surface area contributed by atoms with Gasteiger partial charge in [-0.1, -0.05) is 67.9 Å². The van der Waals surface area contributed by atoms with E-state index in [1.807, 2.05) is 60.1 Å². The zero-order chi connectivity index (χ0) is 51.0. The standard InChI is InChI=1S/C25H42O2Si2.C23H35F3O5SSi2.C3H7.BrH.Mg/c1-11-12-20-16-23(26-28(5,6)7)25(24(17-20)27-29(8,9)10)22-15-19(4)13-14-21(22)18(2)3;1-15(2)18-11-10-16(3)12-19(18)22-20(30-33(4,5)6)13-17(14-21(22)31-34(7,8)9)29-32(27,28)23(24,25)26;1-3-2;;/h15-17,21-22H,2,11-14H2,1,3-10H3;12-14,18-19H,1,10-11H2,2-9H3;1,3H2,2H3;1H;/q;;-1;;+2/p-1/t21-,22+;18-,19+;;;/m00.../s1. The Bertz CT molecular complexity index is 2100. The molecule has 2 aromatic carbocycles. The van der Waals surface area contributed by atoms with Crippen molar-refractivity contribution in [3.05, 3.63) is 95.5 Å². The zero-order valence-corrected chi connectivity index (χ0v) is 52.6. The van der Waals surface area contributed by atoms with Crippen LogP contribution in [-0.2, 0) is 16.5 Å². The Hall–Kier alpha value is -1.75. The quantitative estimate of drug-likeness (QED) is 0.0545. The third-order valence-corrected chi connectivity index (χ3v) is 14.7. The summed E-state index contributed by atoms with van der Waals surface area (Å²) in [6, 6.07) is 7.06. The Morgan fingerprint density at radius 2 is 0.956 bits per heavy atom. The molecule has 382 valence electrons. The molecule has 2 aliphatic carbocycles. The van der Waals surface area contributed by atoms with Gasteiger partial charge in [-0.25, -0.2) is 0 Å². The molecule has 7 nitrogen and oxygen atoms in total. The Labute approximate surface area is 442 Å². The largest absolute Gasteiger partial charge is 2.00 e. The molecule has 0 fully saturated rings. The van der Waals surface area contributed by atoms with Crippen molar-refractivity contribution in [1.29, 1.82) is 0 Å². The van der Waals surface area contributed by atoms with Gasteiger partial charge in [0.1, 0.15) is 28.7 Å². The fourth-order valence-electron chi connectivity index (χ4n) is 8.01. The van der Waals surface area contributed by atoms with Gasteiger partial charge in [0.15, 0.2) is 0 Å². The topological polar surface area (TPSA) is 80.3 Å². The van der Waals surface area contributed by atoms with Crippen LogP contribution in [0, 0.1) is 18.8 Å². The second kappa shape index (κ2) is 26.8. The van der Waals surface area contributed by atoms with Gasteiger partial charge in [-0.3, -0.25) is 0 Å². The number of alkyl halides is 3. The van der Waals surface area contributed by atoms with E-state index in [0.29, 0.717) is 11.5 Å². The summed E-state index contributed by atoms with van der Waals surface area (Å²) in [5.74, 6) is 2.76. The van der Waals surface area contributed by atoms with Gasteiger partial charge in [0.25, 0.3) is 0 Å². The predicted molar refractivity (Wildman–Crippen MR) is 288 cm³/mol.